The molecule has 10 nitrogen and oxygen atoms in total. The number of benzene rings is 1. The number of hydrogen-bond donors (Lipinski definition) is 2. The van der Waals surface area contributed by atoms with E-state index >= 15 is 0 Å². The van der Waals surface area contributed by atoms with Gasteiger partial charge in [0.25, 0.3) is 11.5 Å². The number of alkyl halides is 1. The van der Waals surface area contributed by atoms with Crippen molar-refractivity contribution in [2.75, 3.05) is 43.4 Å². The zero-order valence-electron chi connectivity index (χ0n) is 20.7. The molecule has 0 atom stereocenters. The predicted octanol–water partition coefficient (Wildman–Crippen LogP) is 0.491. The normalized spacial score (nSPS) is 15.4. The minimum atomic E-state index is -0.797. The number of anilines is 2. The number of halogens is 1. The van der Waals surface area contributed by atoms with Gasteiger partial charge in [0.05, 0.1) is 12.6 Å². The van der Waals surface area contributed by atoms with Crippen molar-refractivity contribution < 1.29 is 14.0 Å². The number of nitrogens with one attached hydrogen (secondary N) is 2. The summed E-state index contributed by atoms with van der Waals surface area (Å²) in [7, 11) is 1.68. The van der Waals surface area contributed by atoms with E-state index in [9.17, 15) is 24.0 Å². The third-order valence-electron chi connectivity index (χ3n) is 5.96. The summed E-state index contributed by atoms with van der Waals surface area (Å²) in [5.41, 5.74) is 0.674. The predicted molar refractivity (Wildman–Crippen MR) is 140 cm³/mol. The van der Waals surface area contributed by atoms with E-state index in [0.29, 0.717) is 37.3 Å². The highest BCUT2D eigenvalue weighted by atomic mass is 32.1. The molecular weight excluding hydrogens is 497 g/mol. The first-order valence-electron chi connectivity index (χ1n) is 11.8. The summed E-state index contributed by atoms with van der Waals surface area (Å²) in [4.78, 5) is 41.4. The second-order valence-corrected chi connectivity index (χ2v) is 9.42. The number of rotatable bonds is 8. The van der Waals surface area contributed by atoms with Crippen molar-refractivity contribution in [2.45, 2.75) is 32.5 Å². The largest absolute Gasteiger partial charge is 0.360 e. The summed E-state index contributed by atoms with van der Waals surface area (Å²) in [5.74, 6) is -0.831. The minimum absolute atomic E-state index is 0.110. The van der Waals surface area contributed by atoms with Gasteiger partial charge in [-0.15, -0.1) is 11.3 Å². The van der Waals surface area contributed by atoms with Crippen LogP contribution in [0.25, 0.3) is 11.8 Å². The molecule has 1 aromatic heterocycles. The lowest BCUT2D eigenvalue weighted by Crippen LogP contribution is -2.42. The highest BCUT2D eigenvalue weighted by Crippen LogP contribution is 2.19. The van der Waals surface area contributed by atoms with E-state index in [4.69, 9.17) is 5.26 Å². The average Bonchev–Trinajstić information content (AvgIpc) is 3.22. The van der Waals surface area contributed by atoms with Crippen LogP contribution in [0.3, 0.4) is 0 Å². The fourth-order valence-electron chi connectivity index (χ4n) is 3.85. The van der Waals surface area contributed by atoms with Crippen LogP contribution >= 0.6 is 11.3 Å². The molecule has 0 unspecified atom stereocenters. The van der Waals surface area contributed by atoms with Crippen LogP contribution < -0.4 is 30.3 Å². The molecule has 194 valence electrons. The molecule has 2 N–H and O–H groups in total. The first-order chi connectivity index (χ1) is 17.8. The Morgan fingerprint density at radius 3 is 2.68 bits per heavy atom. The molecule has 0 radical (unpaired) electrons. The molecule has 2 aromatic rings. The summed E-state index contributed by atoms with van der Waals surface area (Å²) in [5, 5.41) is 23.6. The maximum atomic E-state index is 13.4. The third kappa shape index (κ3) is 6.82. The summed E-state index contributed by atoms with van der Waals surface area (Å²) in [6.45, 7) is 3.05. The number of likely N-dealkylation sites (tertiary alicyclic amines) is 1. The molecule has 37 heavy (non-hydrogen) atoms. The van der Waals surface area contributed by atoms with Crippen molar-refractivity contribution in [3.8, 4) is 12.1 Å². The van der Waals surface area contributed by atoms with Gasteiger partial charge in [0.2, 0.25) is 5.91 Å². The smallest absolute Gasteiger partial charge is 0.270 e. The maximum absolute atomic E-state index is 13.4. The Labute approximate surface area is 217 Å². The van der Waals surface area contributed by atoms with Crippen molar-refractivity contribution in [2.24, 2.45) is 0 Å². The Kier molecular flexibility index (Phi) is 9.55. The number of aromatic nitrogens is 1. The molecule has 2 heterocycles. The van der Waals surface area contributed by atoms with Crippen LogP contribution in [0, 0.1) is 22.7 Å². The summed E-state index contributed by atoms with van der Waals surface area (Å²) >= 11 is 0.992. The van der Waals surface area contributed by atoms with E-state index in [2.05, 4.69) is 10.6 Å². The Morgan fingerprint density at radius 2 is 2.03 bits per heavy atom. The van der Waals surface area contributed by atoms with Crippen LogP contribution in [0.2, 0.25) is 0 Å². The van der Waals surface area contributed by atoms with Gasteiger partial charge >= 0.3 is 0 Å². The SMILES string of the molecule is CCn1c(=O)/c(=C\Nc2cccc(N(C)C(=O)CN3CCC(F)CC3)c2)s/c1=C(/C#N)C(=O)NCC#N. The lowest BCUT2D eigenvalue weighted by Gasteiger charge is -2.29. The second-order valence-electron chi connectivity index (χ2n) is 8.39. The lowest BCUT2D eigenvalue weighted by atomic mass is 10.1. The van der Waals surface area contributed by atoms with Crippen molar-refractivity contribution in [3.05, 3.63) is 43.8 Å². The number of carbonyl (C=O) groups is 2. The monoisotopic (exact) mass is 525 g/mol. The molecule has 2 amide bonds. The summed E-state index contributed by atoms with van der Waals surface area (Å²) in [6, 6.07) is 10.7. The molecule has 0 saturated carbocycles. The van der Waals surface area contributed by atoms with E-state index in [1.54, 1.807) is 44.3 Å². The Morgan fingerprint density at radius 1 is 1.30 bits per heavy atom. The number of hydrogen-bond acceptors (Lipinski definition) is 8. The number of nitrogens with zero attached hydrogens (tertiary/aromatic N) is 5. The highest BCUT2D eigenvalue weighted by molar-refractivity contribution is 7.07. The lowest BCUT2D eigenvalue weighted by molar-refractivity contribution is -0.120. The molecule has 0 aliphatic carbocycles. The molecule has 1 aromatic carbocycles. The van der Waals surface area contributed by atoms with Crippen molar-refractivity contribution in [1.82, 2.24) is 14.8 Å². The zero-order valence-corrected chi connectivity index (χ0v) is 21.5. The van der Waals surface area contributed by atoms with E-state index in [-0.39, 0.29) is 45.9 Å². The standard InChI is InChI=1S/C25H28FN7O3S/c1-3-33-24(36)21(37-25(33)20(14-28)23(35)29-10-9-27)15-30-18-5-4-6-19(13-18)31(2)22(34)16-32-11-7-17(26)8-12-32/h4-6,13,15,17,30H,3,7-8,10-12,16H2,1-2H3,(H,29,35)/b21-15+,25-20-. The van der Waals surface area contributed by atoms with Gasteiger partial charge in [0.15, 0.2) is 5.57 Å². The maximum Gasteiger partial charge on any atom is 0.270 e. The van der Waals surface area contributed by atoms with Crippen molar-refractivity contribution >= 4 is 46.3 Å². The van der Waals surface area contributed by atoms with Crippen LogP contribution in [-0.4, -0.2) is 60.7 Å². The topological polar surface area (TPSA) is 134 Å². The van der Waals surface area contributed by atoms with Crippen LogP contribution in [0.5, 0.6) is 0 Å². The van der Waals surface area contributed by atoms with E-state index in [1.807, 2.05) is 11.0 Å². The Hall–Kier alpha value is -4.00. The van der Waals surface area contributed by atoms with Gasteiger partial charge in [-0.2, -0.15) is 10.5 Å². The molecular formula is C25H28FN7O3S. The molecule has 0 spiro atoms. The van der Waals surface area contributed by atoms with E-state index in [0.717, 1.165) is 11.3 Å². The first-order valence-corrected chi connectivity index (χ1v) is 12.6. The number of piperidine rings is 1. The van der Waals surface area contributed by atoms with Crippen molar-refractivity contribution in [3.63, 3.8) is 0 Å². The van der Waals surface area contributed by atoms with E-state index < -0.39 is 12.1 Å². The van der Waals surface area contributed by atoms with Crippen LogP contribution in [0.1, 0.15) is 19.8 Å². The average molecular weight is 526 g/mol. The van der Waals surface area contributed by atoms with Crippen LogP contribution in [-0.2, 0) is 16.1 Å². The number of thiazole rings is 1. The van der Waals surface area contributed by atoms with Gasteiger partial charge in [0.1, 0.15) is 28.0 Å². The fraction of sp³-hybridized carbons (Fsp3) is 0.400. The molecule has 0 bridgehead atoms. The molecule has 1 fully saturated rings. The molecule has 12 heteroatoms. The summed E-state index contributed by atoms with van der Waals surface area (Å²) < 4.78 is 15.2. The first kappa shape index (κ1) is 27.6. The third-order valence-corrected chi connectivity index (χ3v) is 7.09. The molecule has 3 rings (SSSR count). The number of carbonyl (C=O) groups excluding carboxylic acids is 2. The van der Waals surface area contributed by atoms with Gasteiger partial charge in [-0.25, -0.2) is 4.39 Å². The molecule has 1 aliphatic heterocycles. The Balaban J connectivity index is 1.82. The van der Waals surface area contributed by atoms with Gasteiger partial charge in [-0.3, -0.25) is 23.9 Å². The van der Waals surface area contributed by atoms with Gasteiger partial charge in [-0.1, -0.05) is 6.07 Å². The van der Waals surface area contributed by atoms with E-state index in [1.165, 1.54) is 15.7 Å². The number of nitriles is 2. The zero-order chi connectivity index (χ0) is 26.9. The number of likely N-dealkylation sites (N-methyl/N-ethyl adjacent to an activating group) is 1. The highest BCUT2D eigenvalue weighted by Gasteiger charge is 2.22. The second kappa shape index (κ2) is 12.8. The molecule has 1 aliphatic rings. The van der Waals surface area contributed by atoms with Crippen molar-refractivity contribution in [1.29, 1.82) is 10.5 Å². The minimum Gasteiger partial charge on any atom is -0.360 e. The van der Waals surface area contributed by atoms with Gasteiger partial charge < -0.3 is 15.5 Å². The molecule has 1 saturated heterocycles. The quantitative estimate of drug-likeness (QED) is 0.479. The van der Waals surface area contributed by atoms with Crippen LogP contribution in [0.15, 0.2) is 29.1 Å². The van der Waals surface area contributed by atoms with Crippen LogP contribution in [0.4, 0.5) is 15.8 Å². The Bertz CT molecular complexity index is 1410. The summed E-state index contributed by atoms with van der Waals surface area (Å²) in [6.07, 6.45) is 1.57. The fourth-order valence-corrected chi connectivity index (χ4v) is 4.94. The number of amides is 2. The van der Waals surface area contributed by atoms with Gasteiger partial charge in [-0.05, 0) is 38.0 Å². The van der Waals surface area contributed by atoms with Gasteiger partial charge in [0, 0.05) is 44.3 Å².